The van der Waals surface area contributed by atoms with Crippen LogP contribution in [0.1, 0.15) is 12.5 Å². The van der Waals surface area contributed by atoms with Crippen molar-refractivity contribution in [2.24, 2.45) is 5.10 Å². The number of hydrogen-bond donors (Lipinski definition) is 1. The molecule has 0 fully saturated rings. The Labute approximate surface area is 206 Å². The lowest BCUT2D eigenvalue weighted by Gasteiger charge is -2.17. The zero-order valence-corrected chi connectivity index (χ0v) is 19.5. The highest BCUT2D eigenvalue weighted by molar-refractivity contribution is 7.71. The Morgan fingerprint density at radius 2 is 1.26 bits per heavy atom. The van der Waals surface area contributed by atoms with Crippen LogP contribution in [0.25, 0.3) is 17.5 Å². The Balaban J connectivity index is 1.75. The number of anilines is 1. The SMILES string of the molecule is CC1=NN(c2ccccc2)C(=O)/C1=C\c1c(O)n(-c2ccccc2)c(=S)n(-c2ccccc2)c1=O. The number of nitrogens with zero attached hydrogens (tertiary/aromatic N) is 4. The Bertz CT molecular complexity index is 1610. The Morgan fingerprint density at radius 1 is 0.771 bits per heavy atom. The van der Waals surface area contributed by atoms with E-state index in [1.54, 1.807) is 55.5 Å². The highest BCUT2D eigenvalue weighted by Crippen LogP contribution is 2.28. The number of para-hydroxylation sites is 3. The quantitative estimate of drug-likeness (QED) is 0.334. The van der Waals surface area contributed by atoms with Gasteiger partial charge in [0.25, 0.3) is 11.5 Å². The molecule has 1 N–H and O–H groups in total. The lowest BCUT2D eigenvalue weighted by atomic mass is 10.1. The molecular formula is C27H20N4O3S. The maximum Gasteiger partial charge on any atom is 0.280 e. The molecule has 35 heavy (non-hydrogen) atoms. The van der Waals surface area contributed by atoms with Crippen LogP contribution >= 0.6 is 12.2 Å². The third-order valence-corrected chi connectivity index (χ3v) is 6.01. The molecule has 172 valence electrons. The fourth-order valence-electron chi connectivity index (χ4n) is 3.93. The number of carbonyl (C=O) groups excluding carboxylic acids is 1. The van der Waals surface area contributed by atoms with Gasteiger partial charge in [-0.25, -0.2) is 0 Å². The van der Waals surface area contributed by atoms with Gasteiger partial charge in [0, 0.05) is 0 Å². The van der Waals surface area contributed by atoms with Crippen molar-refractivity contribution in [3.8, 4) is 17.3 Å². The molecule has 1 amide bonds. The van der Waals surface area contributed by atoms with E-state index >= 15 is 0 Å². The van der Waals surface area contributed by atoms with Gasteiger partial charge in [0.1, 0.15) is 5.56 Å². The molecule has 8 heteroatoms. The Morgan fingerprint density at radius 3 is 1.80 bits per heavy atom. The topological polar surface area (TPSA) is 79.8 Å². The summed E-state index contributed by atoms with van der Waals surface area (Å²) in [6.07, 6.45) is 1.38. The molecule has 1 aliphatic rings. The van der Waals surface area contributed by atoms with Crippen LogP contribution in [0.4, 0.5) is 5.69 Å². The molecule has 1 aromatic heterocycles. The molecule has 4 aromatic rings. The highest BCUT2D eigenvalue weighted by Gasteiger charge is 2.30. The fourth-order valence-corrected chi connectivity index (χ4v) is 4.31. The third kappa shape index (κ3) is 3.89. The van der Waals surface area contributed by atoms with Crippen LogP contribution in [-0.2, 0) is 4.79 Å². The van der Waals surface area contributed by atoms with Gasteiger partial charge in [-0.3, -0.25) is 18.7 Å². The van der Waals surface area contributed by atoms with Crippen molar-refractivity contribution in [1.82, 2.24) is 9.13 Å². The van der Waals surface area contributed by atoms with Gasteiger partial charge >= 0.3 is 0 Å². The number of amides is 1. The van der Waals surface area contributed by atoms with Crippen LogP contribution in [0.2, 0.25) is 0 Å². The molecule has 2 heterocycles. The van der Waals surface area contributed by atoms with Gasteiger partial charge in [0.15, 0.2) is 4.77 Å². The van der Waals surface area contributed by atoms with Gasteiger partial charge in [-0.1, -0.05) is 54.6 Å². The van der Waals surface area contributed by atoms with Crippen molar-refractivity contribution < 1.29 is 9.90 Å². The molecule has 0 aliphatic carbocycles. The summed E-state index contributed by atoms with van der Waals surface area (Å²) in [4.78, 5) is 26.9. The molecule has 0 atom stereocenters. The van der Waals surface area contributed by atoms with E-state index < -0.39 is 11.5 Å². The molecule has 3 aromatic carbocycles. The number of aromatic nitrogens is 2. The maximum atomic E-state index is 13.7. The van der Waals surface area contributed by atoms with E-state index in [4.69, 9.17) is 12.2 Å². The van der Waals surface area contributed by atoms with Gasteiger partial charge in [-0.15, -0.1) is 0 Å². The van der Waals surface area contributed by atoms with Crippen LogP contribution in [0.5, 0.6) is 5.88 Å². The molecule has 0 spiro atoms. The van der Waals surface area contributed by atoms with Crippen LogP contribution in [0.15, 0.2) is 106 Å². The van der Waals surface area contributed by atoms with Crippen molar-refractivity contribution in [1.29, 1.82) is 0 Å². The predicted molar refractivity (Wildman–Crippen MR) is 139 cm³/mol. The number of benzene rings is 3. The zero-order valence-electron chi connectivity index (χ0n) is 18.7. The molecule has 0 unspecified atom stereocenters. The summed E-state index contributed by atoms with van der Waals surface area (Å²) >= 11 is 5.65. The van der Waals surface area contributed by atoms with Crippen molar-refractivity contribution >= 4 is 35.6 Å². The van der Waals surface area contributed by atoms with Crippen molar-refractivity contribution in [3.05, 3.63) is 117 Å². The minimum atomic E-state index is -0.544. The molecule has 0 saturated heterocycles. The minimum absolute atomic E-state index is 0.0703. The average molecular weight is 481 g/mol. The molecule has 0 radical (unpaired) electrons. The first-order valence-corrected chi connectivity index (χ1v) is 11.3. The number of rotatable bonds is 4. The number of hydrogen-bond acceptors (Lipinski definition) is 5. The molecule has 0 bridgehead atoms. The van der Waals surface area contributed by atoms with Gasteiger partial charge in [0.05, 0.1) is 28.3 Å². The minimum Gasteiger partial charge on any atom is -0.494 e. The fraction of sp³-hybridized carbons (Fsp3) is 0.0370. The van der Waals surface area contributed by atoms with E-state index in [-0.39, 0.29) is 21.8 Å². The molecule has 7 nitrogen and oxygen atoms in total. The van der Waals surface area contributed by atoms with Crippen molar-refractivity contribution in [2.75, 3.05) is 5.01 Å². The standard InChI is InChI=1S/C27H20N4O3S/c1-18-22(26(34)31(28-18)21-15-9-4-10-16-21)17-23-24(32)29(19-11-5-2-6-12-19)27(35)30(25(23)33)20-13-7-3-8-14-20/h2-17,32H,1H3/b22-17-. The molecule has 5 rings (SSSR count). The van der Waals surface area contributed by atoms with Crippen LogP contribution in [0, 0.1) is 4.77 Å². The number of carbonyl (C=O) groups is 1. The summed E-state index contributed by atoms with van der Waals surface area (Å²) in [5.41, 5.74) is 1.74. The first-order valence-electron chi connectivity index (χ1n) is 10.9. The van der Waals surface area contributed by atoms with Crippen molar-refractivity contribution in [3.63, 3.8) is 0 Å². The van der Waals surface area contributed by atoms with Crippen LogP contribution in [0.3, 0.4) is 0 Å². The second kappa shape index (κ2) is 9.00. The highest BCUT2D eigenvalue weighted by atomic mass is 32.1. The summed E-state index contributed by atoms with van der Waals surface area (Å²) in [5.74, 6) is -0.753. The zero-order chi connectivity index (χ0) is 24.5. The largest absolute Gasteiger partial charge is 0.494 e. The Hall–Kier alpha value is -4.56. The normalized spacial score (nSPS) is 14.4. The summed E-state index contributed by atoms with van der Waals surface area (Å²) in [6, 6.07) is 27.0. The molecular weight excluding hydrogens is 460 g/mol. The van der Waals surface area contributed by atoms with Gasteiger partial charge in [-0.2, -0.15) is 10.1 Å². The lowest BCUT2D eigenvalue weighted by molar-refractivity contribution is -0.114. The number of aromatic hydroxyl groups is 1. The maximum absolute atomic E-state index is 13.7. The number of hydrazone groups is 1. The van der Waals surface area contributed by atoms with E-state index in [9.17, 15) is 14.7 Å². The summed E-state index contributed by atoms with van der Waals surface area (Å²) in [7, 11) is 0. The van der Waals surface area contributed by atoms with Crippen LogP contribution in [-0.4, -0.2) is 25.9 Å². The van der Waals surface area contributed by atoms with E-state index in [2.05, 4.69) is 5.10 Å². The lowest BCUT2D eigenvalue weighted by Crippen LogP contribution is -2.26. The van der Waals surface area contributed by atoms with Crippen LogP contribution < -0.4 is 10.6 Å². The Kier molecular flexibility index (Phi) is 5.72. The van der Waals surface area contributed by atoms with E-state index in [1.165, 1.54) is 20.2 Å². The average Bonchev–Trinajstić information content (AvgIpc) is 3.16. The van der Waals surface area contributed by atoms with E-state index in [1.807, 2.05) is 42.5 Å². The predicted octanol–water partition coefficient (Wildman–Crippen LogP) is 4.87. The molecule has 1 aliphatic heterocycles. The first kappa shape index (κ1) is 22.2. The van der Waals surface area contributed by atoms with Gasteiger partial charge in [-0.05, 0) is 61.6 Å². The van der Waals surface area contributed by atoms with E-state index in [0.717, 1.165) is 0 Å². The van der Waals surface area contributed by atoms with E-state index in [0.29, 0.717) is 22.8 Å². The second-order valence-electron chi connectivity index (χ2n) is 7.86. The van der Waals surface area contributed by atoms with Crippen molar-refractivity contribution in [2.45, 2.75) is 6.92 Å². The second-order valence-corrected chi connectivity index (χ2v) is 8.23. The van der Waals surface area contributed by atoms with Gasteiger partial charge in [0.2, 0.25) is 5.88 Å². The third-order valence-electron chi connectivity index (χ3n) is 5.65. The summed E-state index contributed by atoms with van der Waals surface area (Å²) < 4.78 is 2.85. The monoisotopic (exact) mass is 480 g/mol. The summed E-state index contributed by atoms with van der Waals surface area (Å²) in [5, 5.41) is 16.9. The summed E-state index contributed by atoms with van der Waals surface area (Å²) in [6.45, 7) is 1.69. The first-order chi connectivity index (χ1) is 17.0. The van der Waals surface area contributed by atoms with Gasteiger partial charge < -0.3 is 5.11 Å². The molecule has 0 saturated carbocycles. The smallest absolute Gasteiger partial charge is 0.280 e.